The van der Waals surface area contributed by atoms with Crippen molar-refractivity contribution < 1.29 is 0 Å². The Balaban J connectivity index is 1.81. The molecule has 1 fully saturated rings. The molecule has 0 N–H and O–H groups in total. The molecule has 0 amide bonds. The molecule has 0 bridgehead atoms. The number of benzene rings is 1. The monoisotopic (exact) mass is 338 g/mol. The Morgan fingerprint density at radius 3 is 2.67 bits per heavy atom. The summed E-state index contributed by atoms with van der Waals surface area (Å²) in [7, 11) is 2.20. The maximum absolute atomic E-state index is 4.68. The number of anilines is 1. The SMILES string of the molecule is Cc1ccc(-c2csc3ncnc(N4CCCN(C)CC4)c23)cc1. The van der Waals surface area contributed by atoms with Crippen molar-refractivity contribution in [3.63, 3.8) is 0 Å². The first kappa shape index (κ1) is 15.5. The van der Waals surface area contributed by atoms with Gasteiger partial charge in [-0.15, -0.1) is 11.3 Å². The first-order chi connectivity index (χ1) is 11.7. The lowest BCUT2D eigenvalue weighted by atomic mass is 10.0. The summed E-state index contributed by atoms with van der Waals surface area (Å²) in [6, 6.07) is 8.74. The Morgan fingerprint density at radius 1 is 1.00 bits per heavy atom. The Kier molecular flexibility index (Phi) is 4.21. The van der Waals surface area contributed by atoms with Crippen LogP contribution in [-0.4, -0.2) is 48.1 Å². The van der Waals surface area contributed by atoms with Crippen LogP contribution in [0.4, 0.5) is 5.82 Å². The van der Waals surface area contributed by atoms with Crippen molar-refractivity contribution in [2.45, 2.75) is 13.3 Å². The third-order valence-electron chi connectivity index (χ3n) is 4.73. The molecule has 2 aromatic heterocycles. The van der Waals surface area contributed by atoms with Crippen molar-refractivity contribution >= 4 is 27.4 Å². The van der Waals surface area contributed by atoms with Gasteiger partial charge in [0.05, 0.1) is 5.39 Å². The molecule has 1 aromatic carbocycles. The van der Waals surface area contributed by atoms with Gasteiger partial charge in [0, 0.05) is 30.6 Å². The zero-order valence-electron chi connectivity index (χ0n) is 14.2. The van der Waals surface area contributed by atoms with Gasteiger partial charge in [0.1, 0.15) is 17.0 Å². The van der Waals surface area contributed by atoms with E-state index in [1.165, 1.54) is 28.5 Å². The topological polar surface area (TPSA) is 32.3 Å². The number of thiophene rings is 1. The second-order valence-corrected chi connectivity index (χ2v) is 7.39. The molecule has 5 heteroatoms. The number of aryl methyl sites for hydroxylation is 1. The first-order valence-electron chi connectivity index (χ1n) is 8.45. The largest absolute Gasteiger partial charge is 0.355 e. The Labute approximate surface area is 146 Å². The third kappa shape index (κ3) is 2.89. The summed E-state index contributed by atoms with van der Waals surface area (Å²) >= 11 is 1.71. The van der Waals surface area contributed by atoms with Crippen molar-refractivity contribution in [1.82, 2.24) is 14.9 Å². The van der Waals surface area contributed by atoms with Gasteiger partial charge in [-0.3, -0.25) is 0 Å². The van der Waals surface area contributed by atoms with Crippen LogP contribution in [0.25, 0.3) is 21.3 Å². The average molecular weight is 338 g/mol. The van der Waals surface area contributed by atoms with Gasteiger partial charge in [0.25, 0.3) is 0 Å². The summed E-state index contributed by atoms with van der Waals surface area (Å²) in [4.78, 5) is 15.1. The predicted molar refractivity (Wildman–Crippen MR) is 102 cm³/mol. The summed E-state index contributed by atoms with van der Waals surface area (Å²) in [5.74, 6) is 1.09. The van der Waals surface area contributed by atoms with Gasteiger partial charge in [0.2, 0.25) is 0 Å². The van der Waals surface area contributed by atoms with E-state index in [-0.39, 0.29) is 0 Å². The summed E-state index contributed by atoms with van der Waals surface area (Å²) in [5.41, 5.74) is 3.78. The van der Waals surface area contributed by atoms with Crippen molar-refractivity contribution in [1.29, 1.82) is 0 Å². The average Bonchev–Trinajstić information content (AvgIpc) is 2.91. The molecule has 1 aliphatic heterocycles. The molecular formula is C19H22N4S. The highest BCUT2D eigenvalue weighted by atomic mass is 32.1. The van der Waals surface area contributed by atoms with Gasteiger partial charge >= 0.3 is 0 Å². The fourth-order valence-electron chi connectivity index (χ4n) is 3.30. The molecule has 124 valence electrons. The van der Waals surface area contributed by atoms with Crippen LogP contribution in [0.5, 0.6) is 0 Å². The van der Waals surface area contributed by atoms with Crippen molar-refractivity contribution in [3.8, 4) is 11.1 Å². The zero-order valence-corrected chi connectivity index (χ0v) is 15.0. The number of hydrogen-bond acceptors (Lipinski definition) is 5. The van der Waals surface area contributed by atoms with Crippen LogP contribution in [0.1, 0.15) is 12.0 Å². The predicted octanol–water partition coefficient (Wildman–Crippen LogP) is 3.81. The summed E-state index contributed by atoms with van der Waals surface area (Å²) in [6.07, 6.45) is 2.88. The molecule has 4 rings (SSSR count). The van der Waals surface area contributed by atoms with E-state index in [9.17, 15) is 0 Å². The lowest BCUT2D eigenvalue weighted by molar-refractivity contribution is 0.360. The molecule has 0 atom stereocenters. The highest BCUT2D eigenvalue weighted by Crippen LogP contribution is 2.38. The Bertz CT molecular complexity index is 840. The number of nitrogens with zero attached hydrogens (tertiary/aromatic N) is 4. The number of hydrogen-bond donors (Lipinski definition) is 0. The second kappa shape index (κ2) is 6.49. The zero-order chi connectivity index (χ0) is 16.5. The molecule has 1 aliphatic rings. The second-order valence-electron chi connectivity index (χ2n) is 6.54. The number of aromatic nitrogens is 2. The van der Waals surface area contributed by atoms with Crippen molar-refractivity contribution in [2.75, 3.05) is 38.1 Å². The molecule has 3 heterocycles. The minimum absolute atomic E-state index is 1.02. The normalized spacial score (nSPS) is 16.5. The summed E-state index contributed by atoms with van der Waals surface area (Å²) < 4.78 is 0. The molecule has 0 spiro atoms. The standard InChI is InChI=1S/C19H22N4S/c1-14-4-6-15(7-5-14)16-12-24-19-17(16)18(20-13-21-19)23-9-3-8-22(2)10-11-23/h4-7,12-13H,3,8-11H2,1-2H3. The molecule has 4 nitrogen and oxygen atoms in total. The van der Waals surface area contributed by atoms with E-state index >= 15 is 0 Å². The van der Waals surface area contributed by atoms with E-state index in [0.717, 1.165) is 36.8 Å². The van der Waals surface area contributed by atoms with E-state index in [4.69, 9.17) is 0 Å². The Morgan fingerprint density at radius 2 is 1.83 bits per heavy atom. The van der Waals surface area contributed by atoms with Crippen LogP contribution >= 0.6 is 11.3 Å². The van der Waals surface area contributed by atoms with E-state index in [1.54, 1.807) is 17.7 Å². The highest BCUT2D eigenvalue weighted by molar-refractivity contribution is 7.17. The molecular weight excluding hydrogens is 316 g/mol. The first-order valence-corrected chi connectivity index (χ1v) is 9.33. The van der Waals surface area contributed by atoms with E-state index < -0.39 is 0 Å². The summed E-state index contributed by atoms with van der Waals surface area (Å²) in [6.45, 7) is 6.43. The fraction of sp³-hybridized carbons (Fsp3) is 0.368. The van der Waals surface area contributed by atoms with Crippen molar-refractivity contribution in [3.05, 3.63) is 41.5 Å². The van der Waals surface area contributed by atoms with Crippen LogP contribution in [0.15, 0.2) is 36.0 Å². The number of likely N-dealkylation sites (N-methyl/N-ethyl adjacent to an activating group) is 1. The molecule has 0 aliphatic carbocycles. The minimum atomic E-state index is 1.02. The highest BCUT2D eigenvalue weighted by Gasteiger charge is 2.19. The lowest BCUT2D eigenvalue weighted by Crippen LogP contribution is -2.29. The lowest BCUT2D eigenvalue weighted by Gasteiger charge is -2.22. The fourth-order valence-corrected chi connectivity index (χ4v) is 4.21. The van der Waals surface area contributed by atoms with Gasteiger partial charge in [0.15, 0.2) is 0 Å². The van der Waals surface area contributed by atoms with E-state index in [1.807, 2.05) is 0 Å². The van der Waals surface area contributed by atoms with E-state index in [0.29, 0.717) is 0 Å². The molecule has 0 radical (unpaired) electrons. The van der Waals surface area contributed by atoms with Crippen LogP contribution in [0.3, 0.4) is 0 Å². The molecule has 1 saturated heterocycles. The maximum atomic E-state index is 4.68. The van der Waals surface area contributed by atoms with Crippen LogP contribution < -0.4 is 4.90 Å². The van der Waals surface area contributed by atoms with Crippen molar-refractivity contribution in [2.24, 2.45) is 0 Å². The molecule has 24 heavy (non-hydrogen) atoms. The third-order valence-corrected chi connectivity index (χ3v) is 5.62. The van der Waals surface area contributed by atoms with Crippen LogP contribution in [-0.2, 0) is 0 Å². The summed E-state index contributed by atoms with van der Waals surface area (Å²) in [5, 5.41) is 3.42. The number of fused-ring (bicyclic) bond motifs is 1. The van der Waals surface area contributed by atoms with Gasteiger partial charge in [-0.05, 0) is 32.5 Å². The van der Waals surface area contributed by atoms with Crippen LogP contribution in [0.2, 0.25) is 0 Å². The number of rotatable bonds is 2. The quantitative estimate of drug-likeness (QED) is 0.711. The van der Waals surface area contributed by atoms with Gasteiger partial charge in [-0.25, -0.2) is 9.97 Å². The van der Waals surface area contributed by atoms with Gasteiger partial charge < -0.3 is 9.80 Å². The Hall–Kier alpha value is -1.98. The maximum Gasteiger partial charge on any atom is 0.141 e. The van der Waals surface area contributed by atoms with Gasteiger partial charge in [-0.2, -0.15) is 0 Å². The van der Waals surface area contributed by atoms with Gasteiger partial charge in [-0.1, -0.05) is 29.8 Å². The minimum Gasteiger partial charge on any atom is -0.355 e. The van der Waals surface area contributed by atoms with E-state index in [2.05, 4.69) is 63.4 Å². The van der Waals surface area contributed by atoms with Crippen LogP contribution in [0, 0.1) is 6.92 Å². The molecule has 0 unspecified atom stereocenters. The smallest absolute Gasteiger partial charge is 0.141 e. The molecule has 3 aromatic rings. The molecule has 0 saturated carbocycles.